The van der Waals surface area contributed by atoms with Crippen molar-refractivity contribution in [2.24, 2.45) is 17.8 Å². The number of aliphatic hydroxyl groups excluding tert-OH is 1. The fraction of sp³-hybridized carbons (Fsp3) is 1.00. The van der Waals surface area contributed by atoms with Gasteiger partial charge in [-0.05, 0) is 55.6 Å². The van der Waals surface area contributed by atoms with Gasteiger partial charge in [-0.25, -0.2) is 0 Å². The topological polar surface area (TPSA) is 29.5 Å². The highest BCUT2D eigenvalue weighted by Crippen LogP contribution is 2.44. The molecule has 0 radical (unpaired) electrons. The van der Waals surface area contributed by atoms with Crippen LogP contribution in [0.15, 0.2) is 0 Å². The Balaban J connectivity index is 1.55. The van der Waals surface area contributed by atoms with Gasteiger partial charge in [0, 0.05) is 12.4 Å². The average Bonchev–Trinajstić information content (AvgIpc) is 2.94. The smallest absolute Gasteiger partial charge is 0.0783 e. The number of thioether (sulfide) groups is 1. The zero-order valence-corrected chi connectivity index (χ0v) is 13.7. The number of hydrogen-bond donors (Lipinski definition) is 1. The molecule has 2 heterocycles. The Morgan fingerprint density at radius 3 is 2.65 bits per heavy atom. The molecule has 2 aliphatic heterocycles. The molecule has 116 valence electrons. The van der Waals surface area contributed by atoms with Gasteiger partial charge in [0.05, 0.1) is 11.7 Å². The molecule has 3 aliphatic rings. The van der Waals surface area contributed by atoms with Crippen molar-refractivity contribution in [1.29, 1.82) is 0 Å². The van der Waals surface area contributed by atoms with E-state index in [4.69, 9.17) is 4.74 Å². The summed E-state index contributed by atoms with van der Waals surface area (Å²) in [6.45, 7) is 3.17. The van der Waals surface area contributed by atoms with E-state index in [1.807, 2.05) is 11.8 Å². The van der Waals surface area contributed by atoms with Gasteiger partial charge in [-0.1, -0.05) is 26.2 Å². The fourth-order valence-electron chi connectivity index (χ4n) is 4.54. The zero-order valence-electron chi connectivity index (χ0n) is 12.9. The van der Waals surface area contributed by atoms with Gasteiger partial charge in [0.1, 0.15) is 0 Å². The Morgan fingerprint density at radius 1 is 1.20 bits per heavy atom. The molecule has 0 aromatic carbocycles. The van der Waals surface area contributed by atoms with Crippen molar-refractivity contribution in [3.05, 3.63) is 0 Å². The standard InChI is InChI=1S/C17H30O2S/c1-2-13-3-5-14(6-4-13)16(18)15-7-9-19-17(11-15)8-10-20-12-17/h13-16,18H,2-12H2,1H3. The van der Waals surface area contributed by atoms with Crippen LogP contribution < -0.4 is 0 Å². The largest absolute Gasteiger partial charge is 0.393 e. The van der Waals surface area contributed by atoms with Crippen molar-refractivity contribution < 1.29 is 9.84 Å². The summed E-state index contributed by atoms with van der Waals surface area (Å²) in [7, 11) is 0. The maximum Gasteiger partial charge on any atom is 0.0783 e. The molecule has 20 heavy (non-hydrogen) atoms. The van der Waals surface area contributed by atoms with Crippen LogP contribution in [0.5, 0.6) is 0 Å². The quantitative estimate of drug-likeness (QED) is 0.858. The van der Waals surface area contributed by atoms with Gasteiger partial charge in [-0.2, -0.15) is 11.8 Å². The van der Waals surface area contributed by atoms with Crippen LogP contribution in [0.1, 0.15) is 58.3 Å². The SMILES string of the molecule is CCC1CCC(C(O)C2CCOC3(CCSC3)C2)CC1. The second kappa shape index (κ2) is 6.58. The molecule has 0 aromatic rings. The molecule has 0 aromatic heterocycles. The van der Waals surface area contributed by atoms with Crippen molar-refractivity contribution in [2.75, 3.05) is 18.1 Å². The Morgan fingerprint density at radius 2 is 2.00 bits per heavy atom. The first-order valence-corrected chi connectivity index (χ1v) is 9.78. The highest BCUT2D eigenvalue weighted by molar-refractivity contribution is 7.99. The second-order valence-corrected chi connectivity index (χ2v) is 8.37. The van der Waals surface area contributed by atoms with E-state index in [1.165, 1.54) is 44.3 Å². The fourth-order valence-corrected chi connectivity index (χ4v) is 5.92. The Kier molecular flexibility index (Phi) is 4.99. The molecular weight excluding hydrogens is 268 g/mol. The van der Waals surface area contributed by atoms with E-state index in [1.54, 1.807) is 0 Å². The lowest BCUT2D eigenvalue weighted by Gasteiger charge is -2.42. The molecule has 2 nitrogen and oxygen atoms in total. The van der Waals surface area contributed by atoms with E-state index in [-0.39, 0.29) is 11.7 Å². The Labute approximate surface area is 128 Å². The third kappa shape index (κ3) is 3.20. The van der Waals surface area contributed by atoms with Crippen molar-refractivity contribution in [3.63, 3.8) is 0 Å². The first kappa shape index (κ1) is 15.2. The number of hydrogen-bond acceptors (Lipinski definition) is 3. The maximum absolute atomic E-state index is 10.8. The average molecular weight is 298 g/mol. The molecule has 3 atom stereocenters. The molecule has 1 spiro atoms. The molecule has 1 N–H and O–H groups in total. The van der Waals surface area contributed by atoms with Crippen LogP contribution in [-0.4, -0.2) is 34.9 Å². The lowest BCUT2D eigenvalue weighted by atomic mass is 9.72. The predicted molar refractivity (Wildman–Crippen MR) is 85.1 cm³/mol. The number of rotatable bonds is 3. The monoisotopic (exact) mass is 298 g/mol. The lowest BCUT2D eigenvalue weighted by Crippen LogP contribution is -2.45. The molecule has 0 bridgehead atoms. The van der Waals surface area contributed by atoms with E-state index in [2.05, 4.69) is 6.92 Å². The van der Waals surface area contributed by atoms with Crippen molar-refractivity contribution in [3.8, 4) is 0 Å². The highest BCUT2D eigenvalue weighted by Gasteiger charge is 2.43. The van der Waals surface area contributed by atoms with Crippen LogP contribution in [0.3, 0.4) is 0 Å². The van der Waals surface area contributed by atoms with E-state index in [9.17, 15) is 5.11 Å². The maximum atomic E-state index is 10.8. The minimum Gasteiger partial charge on any atom is -0.393 e. The normalized spacial score (nSPS) is 43.8. The summed E-state index contributed by atoms with van der Waals surface area (Å²) in [6.07, 6.45) is 9.79. The molecule has 3 heteroatoms. The van der Waals surface area contributed by atoms with E-state index in [0.717, 1.165) is 31.1 Å². The summed E-state index contributed by atoms with van der Waals surface area (Å²) in [4.78, 5) is 0. The van der Waals surface area contributed by atoms with Gasteiger partial charge in [-0.15, -0.1) is 0 Å². The molecule has 1 aliphatic carbocycles. The second-order valence-electron chi connectivity index (χ2n) is 7.27. The van der Waals surface area contributed by atoms with Crippen molar-refractivity contribution >= 4 is 11.8 Å². The van der Waals surface area contributed by atoms with Crippen molar-refractivity contribution in [1.82, 2.24) is 0 Å². The molecule has 0 amide bonds. The van der Waals surface area contributed by atoms with Crippen LogP contribution in [-0.2, 0) is 4.74 Å². The predicted octanol–water partition coefficient (Wildman–Crippen LogP) is 3.87. The van der Waals surface area contributed by atoms with Crippen LogP contribution >= 0.6 is 11.8 Å². The molecule has 2 saturated heterocycles. The van der Waals surface area contributed by atoms with Crippen molar-refractivity contribution in [2.45, 2.75) is 70.0 Å². The van der Waals surface area contributed by atoms with Gasteiger partial charge in [0.25, 0.3) is 0 Å². The van der Waals surface area contributed by atoms with Gasteiger partial charge in [0.15, 0.2) is 0 Å². The number of aliphatic hydroxyl groups is 1. The number of ether oxygens (including phenoxy) is 1. The molecule has 3 fully saturated rings. The molecule has 3 unspecified atom stereocenters. The van der Waals surface area contributed by atoms with Gasteiger partial charge < -0.3 is 9.84 Å². The zero-order chi connectivity index (χ0) is 14.0. The van der Waals surface area contributed by atoms with E-state index >= 15 is 0 Å². The van der Waals surface area contributed by atoms with E-state index < -0.39 is 0 Å². The van der Waals surface area contributed by atoms with Gasteiger partial charge >= 0.3 is 0 Å². The Hall–Kier alpha value is 0.270. The summed E-state index contributed by atoms with van der Waals surface area (Å²) in [6, 6.07) is 0. The van der Waals surface area contributed by atoms with Crippen LogP contribution in [0.25, 0.3) is 0 Å². The first-order chi connectivity index (χ1) is 9.72. The molecule has 3 rings (SSSR count). The summed E-state index contributed by atoms with van der Waals surface area (Å²) < 4.78 is 6.10. The summed E-state index contributed by atoms with van der Waals surface area (Å²) in [5.74, 6) is 4.37. The summed E-state index contributed by atoms with van der Waals surface area (Å²) in [5, 5.41) is 10.8. The minimum absolute atomic E-state index is 0.0702. The molecular formula is C17H30O2S. The first-order valence-electron chi connectivity index (χ1n) is 8.62. The highest BCUT2D eigenvalue weighted by atomic mass is 32.2. The minimum atomic E-state index is -0.0702. The summed E-state index contributed by atoms with van der Waals surface area (Å²) in [5.41, 5.74) is 0.120. The van der Waals surface area contributed by atoms with Gasteiger partial charge in [0.2, 0.25) is 0 Å². The van der Waals surface area contributed by atoms with E-state index in [0.29, 0.717) is 11.8 Å². The third-order valence-electron chi connectivity index (χ3n) is 6.03. The lowest BCUT2D eigenvalue weighted by molar-refractivity contribution is -0.112. The Bertz CT molecular complexity index is 306. The van der Waals surface area contributed by atoms with Crippen LogP contribution in [0.2, 0.25) is 0 Å². The molecule has 1 saturated carbocycles. The summed E-state index contributed by atoms with van der Waals surface area (Å²) >= 11 is 2.03. The van der Waals surface area contributed by atoms with Gasteiger partial charge in [-0.3, -0.25) is 0 Å². The van der Waals surface area contributed by atoms with Crippen LogP contribution in [0.4, 0.5) is 0 Å². The third-order valence-corrected chi connectivity index (χ3v) is 7.26. The van der Waals surface area contributed by atoms with Crippen LogP contribution in [0, 0.1) is 17.8 Å².